The van der Waals surface area contributed by atoms with E-state index in [2.05, 4.69) is 0 Å². The first-order valence-corrected chi connectivity index (χ1v) is 6.40. The summed E-state index contributed by atoms with van der Waals surface area (Å²) in [6.45, 7) is 1.00. The maximum Gasteiger partial charge on any atom is 0.282 e. The van der Waals surface area contributed by atoms with Crippen LogP contribution in [0.3, 0.4) is 0 Å². The van der Waals surface area contributed by atoms with E-state index in [0.29, 0.717) is 25.9 Å². The van der Waals surface area contributed by atoms with Crippen molar-refractivity contribution in [3.8, 4) is 5.75 Å². The number of nitro groups is 1. The Hall–Kier alpha value is -2.15. The van der Waals surface area contributed by atoms with Gasteiger partial charge in [0, 0.05) is 25.8 Å². The number of nitro benzene ring substituents is 1. The second-order valence-corrected chi connectivity index (χ2v) is 4.88. The minimum atomic E-state index is -0.632. The third-order valence-electron chi connectivity index (χ3n) is 3.57. The molecule has 0 spiro atoms. The lowest BCUT2D eigenvalue weighted by Gasteiger charge is -2.31. The van der Waals surface area contributed by atoms with E-state index in [4.69, 9.17) is 5.11 Å². The smallest absolute Gasteiger partial charge is 0.282 e. The van der Waals surface area contributed by atoms with Crippen molar-refractivity contribution in [3.63, 3.8) is 0 Å². The first kappa shape index (κ1) is 14.3. The Balaban J connectivity index is 2.21. The van der Waals surface area contributed by atoms with Crippen molar-refractivity contribution in [2.75, 3.05) is 19.7 Å². The second kappa shape index (κ2) is 5.87. The van der Waals surface area contributed by atoms with Gasteiger partial charge in [-0.1, -0.05) is 0 Å². The number of nitrogens with zero attached hydrogens (tertiary/aromatic N) is 2. The first-order valence-electron chi connectivity index (χ1n) is 6.40. The summed E-state index contributed by atoms with van der Waals surface area (Å²) in [5.74, 6) is -0.452. The van der Waals surface area contributed by atoms with Gasteiger partial charge < -0.3 is 15.1 Å². The summed E-state index contributed by atoms with van der Waals surface area (Å²) >= 11 is 0. The van der Waals surface area contributed by atoms with Crippen molar-refractivity contribution in [2.45, 2.75) is 12.8 Å². The zero-order valence-electron chi connectivity index (χ0n) is 10.9. The number of amides is 1. The largest absolute Gasteiger partial charge is 0.508 e. The number of carbonyl (C=O) groups excluding carboxylic acids is 1. The van der Waals surface area contributed by atoms with Crippen LogP contribution in [0.1, 0.15) is 23.2 Å². The van der Waals surface area contributed by atoms with Crippen LogP contribution in [-0.2, 0) is 0 Å². The van der Waals surface area contributed by atoms with Gasteiger partial charge in [-0.05, 0) is 30.9 Å². The van der Waals surface area contributed by atoms with E-state index < -0.39 is 10.8 Å². The highest BCUT2D eigenvalue weighted by Crippen LogP contribution is 2.26. The number of aromatic hydroxyl groups is 1. The van der Waals surface area contributed by atoms with Crippen LogP contribution in [-0.4, -0.2) is 45.6 Å². The van der Waals surface area contributed by atoms with Gasteiger partial charge in [-0.15, -0.1) is 0 Å². The van der Waals surface area contributed by atoms with Crippen molar-refractivity contribution in [1.29, 1.82) is 0 Å². The SMILES string of the molecule is O=C(c1cc(O)ccc1[N+](=O)[O-])N1CCC(CO)CC1. The Bertz CT molecular complexity index is 523. The normalized spacial score (nSPS) is 16.1. The summed E-state index contributed by atoms with van der Waals surface area (Å²) < 4.78 is 0. The van der Waals surface area contributed by atoms with E-state index in [1.165, 1.54) is 11.0 Å². The van der Waals surface area contributed by atoms with E-state index >= 15 is 0 Å². The zero-order chi connectivity index (χ0) is 14.7. The highest BCUT2D eigenvalue weighted by Gasteiger charge is 2.28. The van der Waals surface area contributed by atoms with Gasteiger partial charge in [0.05, 0.1) is 4.92 Å². The molecule has 0 atom stereocenters. The minimum absolute atomic E-state index is 0.0916. The number of hydrogen-bond donors (Lipinski definition) is 2. The molecular formula is C13H16N2O5. The number of likely N-dealkylation sites (tertiary alicyclic amines) is 1. The average Bonchev–Trinajstić information content (AvgIpc) is 2.46. The molecule has 1 aromatic carbocycles. The zero-order valence-corrected chi connectivity index (χ0v) is 10.9. The van der Waals surface area contributed by atoms with Crippen molar-refractivity contribution in [1.82, 2.24) is 4.90 Å². The van der Waals surface area contributed by atoms with E-state index in [-0.39, 0.29) is 29.5 Å². The van der Waals surface area contributed by atoms with Gasteiger partial charge in [0.15, 0.2) is 0 Å². The molecular weight excluding hydrogens is 264 g/mol. The highest BCUT2D eigenvalue weighted by atomic mass is 16.6. The Labute approximate surface area is 115 Å². The molecule has 20 heavy (non-hydrogen) atoms. The molecule has 1 aliphatic rings. The van der Waals surface area contributed by atoms with Crippen LogP contribution < -0.4 is 0 Å². The quantitative estimate of drug-likeness (QED) is 0.638. The number of phenolic OH excluding ortho intramolecular Hbond substituents is 1. The number of aliphatic hydroxyl groups excluding tert-OH is 1. The topological polar surface area (TPSA) is 104 Å². The Kier molecular flexibility index (Phi) is 4.19. The van der Waals surface area contributed by atoms with Crippen molar-refractivity contribution in [2.24, 2.45) is 5.92 Å². The fourth-order valence-electron chi connectivity index (χ4n) is 2.34. The summed E-state index contributed by atoms with van der Waals surface area (Å²) in [4.78, 5) is 24.1. The van der Waals surface area contributed by atoms with Gasteiger partial charge in [-0.25, -0.2) is 0 Å². The number of piperidine rings is 1. The molecule has 0 saturated carbocycles. The van der Waals surface area contributed by atoms with Crippen molar-refractivity contribution in [3.05, 3.63) is 33.9 Å². The number of hydrogen-bond acceptors (Lipinski definition) is 5. The van der Waals surface area contributed by atoms with Gasteiger partial charge in [0.2, 0.25) is 0 Å². The predicted molar refractivity (Wildman–Crippen MR) is 70.5 cm³/mol. The van der Waals surface area contributed by atoms with Crippen molar-refractivity contribution >= 4 is 11.6 Å². The third kappa shape index (κ3) is 2.88. The number of carbonyl (C=O) groups is 1. The average molecular weight is 280 g/mol. The predicted octanol–water partition coefficient (Wildman–Crippen LogP) is 1.14. The minimum Gasteiger partial charge on any atom is -0.508 e. The van der Waals surface area contributed by atoms with E-state index in [0.717, 1.165) is 12.1 Å². The van der Waals surface area contributed by atoms with Gasteiger partial charge in [-0.3, -0.25) is 14.9 Å². The number of phenols is 1. The molecule has 1 aromatic rings. The van der Waals surface area contributed by atoms with Crippen LogP contribution in [0, 0.1) is 16.0 Å². The van der Waals surface area contributed by atoms with E-state index in [1.54, 1.807) is 0 Å². The van der Waals surface area contributed by atoms with Crippen LogP contribution in [0.25, 0.3) is 0 Å². The van der Waals surface area contributed by atoms with E-state index in [1.807, 2.05) is 0 Å². The van der Waals surface area contributed by atoms with Gasteiger partial charge >= 0.3 is 0 Å². The molecule has 0 unspecified atom stereocenters. The fourth-order valence-corrected chi connectivity index (χ4v) is 2.34. The molecule has 1 saturated heterocycles. The number of benzene rings is 1. The molecule has 1 heterocycles. The summed E-state index contributed by atoms with van der Waals surface area (Å²) in [6.07, 6.45) is 1.35. The summed E-state index contributed by atoms with van der Waals surface area (Å²) in [6, 6.07) is 3.44. The molecule has 108 valence electrons. The fraction of sp³-hybridized carbons (Fsp3) is 0.462. The Morgan fingerprint density at radius 3 is 2.60 bits per heavy atom. The summed E-state index contributed by atoms with van der Waals surface area (Å²) in [7, 11) is 0. The Morgan fingerprint density at radius 2 is 2.05 bits per heavy atom. The van der Waals surface area contributed by atoms with Crippen LogP contribution in [0.15, 0.2) is 18.2 Å². The molecule has 0 aromatic heterocycles. The molecule has 7 heteroatoms. The number of rotatable bonds is 3. The molecule has 0 aliphatic carbocycles. The van der Waals surface area contributed by atoms with Gasteiger partial charge in [-0.2, -0.15) is 0 Å². The lowest BCUT2D eigenvalue weighted by atomic mass is 9.97. The lowest BCUT2D eigenvalue weighted by molar-refractivity contribution is -0.385. The maximum absolute atomic E-state index is 12.3. The van der Waals surface area contributed by atoms with Crippen molar-refractivity contribution < 1.29 is 19.9 Å². The number of aliphatic hydroxyl groups is 1. The molecule has 2 rings (SSSR count). The summed E-state index contributed by atoms with van der Waals surface area (Å²) in [5.41, 5.74) is -0.408. The first-order chi connectivity index (χ1) is 9.52. The highest BCUT2D eigenvalue weighted by molar-refractivity contribution is 5.98. The molecule has 2 N–H and O–H groups in total. The van der Waals surface area contributed by atoms with Gasteiger partial charge in [0.1, 0.15) is 11.3 Å². The summed E-state index contributed by atoms with van der Waals surface area (Å²) in [5, 5.41) is 29.4. The van der Waals surface area contributed by atoms with Crippen LogP contribution in [0.4, 0.5) is 5.69 Å². The second-order valence-electron chi connectivity index (χ2n) is 4.88. The lowest BCUT2D eigenvalue weighted by Crippen LogP contribution is -2.39. The molecule has 0 radical (unpaired) electrons. The molecule has 7 nitrogen and oxygen atoms in total. The molecule has 1 amide bonds. The molecule has 1 fully saturated rings. The van der Waals surface area contributed by atoms with Crippen LogP contribution >= 0.6 is 0 Å². The van der Waals surface area contributed by atoms with E-state index in [9.17, 15) is 20.0 Å². The van der Waals surface area contributed by atoms with Crippen LogP contribution in [0.5, 0.6) is 5.75 Å². The van der Waals surface area contributed by atoms with Gasteiger partial charge in [0.25, 0.3) is 11.6 Å². The maximum atomic E-state index is 12.3. The standard InChI is InChI=1S/C13H16N2O5/c16-8-9-3-5-14(6-4-9)13(18)11-7-10(17)1-2-12(11)15(19)20/h1-2,7,9,16-17H,3-6,8H2. The Morgan fingerprint density at radius 1 is 1.40 bits per heavy atom. The molecule has 1 aliphatic heterocycles. The third-order valence-corrected chi connectivity index (χ3v) is 3.57. The molecule has 0 bridgehead atoms. The monoisotopic (exact) mass is 280 g/mol. The van der Waals surface area contributed by atoms with Crippen LogP contribution in [0.2, 0.25) is 0 Å².